The summed E-state index contributed by atoms with van der Waals surface area (Å²) in [6.07, 6.45) is 2.13. The predicted molar refractivity (Wildman–Crippen MR) is 68.6 cm³/mol. The van der Waals surface area contributed by atoms with Gasteiger partial charge in [0.15, 0.2) is 0 Å². The van der Waals surface area contributed by atoms with Crippen molar-refractivity contribution in [3.63, 3.8) is 0 Å². The molecule has 18 heavy (non-hydrogen) atoms. The number of amidine groups is 1. The number of nitrogens with zero attached hydrogens (tertiary/aromatic N) is 2. The van der Waals surface area contributed by atoms with Gasteiger partial charge in [-0.15, -0.1) is 0 Å². The van der Waals surface area contributed by atoms with Gasteiger partial charge in [0.25, 0.3) is 0 Å². The van der Waals surface area contributed by atoms with E-state index in [1.165, 1.54) is 0 Å². The van der Waals surface area contributed by atoms with E-state index in [0.29, 0.717) is 19.5 Å². The number of carbonyl (C=O) groups is 1. The minimum Gasteiger partial charge on any atom is -0.444 e. The summed E-state index contributed by atoms with van der Waals surface area (Å²) in [5.41, 5.74) is 5.02. The molecule has 6 heteroatoms. The molecule has 1 rings (SSSR count). The molecule has 1 saturated heterocycles. The Morgan fingerprint density at radius 2 is 2.22 bits per heavy atom. The topological polar surface area (TPSA) is 88.2 Å². The van der Waals surface area contributed by atoms with Gasteiger partial charge in [-0.2, -0.15) is 0 Å². The van der Waals surface area contributed by atoms with Crippen molar-refractivity contribution in [3.05, 3.63) is 0 Å². The first-order chi connectivity index (χ1) is 8.31. The first kappa shape index (κ1) is 14.6. The lowest BCUT2D eigenvalue weighted by molar-refractivity contribution is 0.0169. The lowest BCUT2D eigenvalue weighted by atomic mass is 9.95. The molecule has 1 atom stereocenters. The Balaban J connectivity index is 2.50. The van der Waals surface area contributed by atoms with Crippen LogP contribution in [-0.2, 0) is 4.74 Å². The van der Waals surface area contributed by atoms with Crippen molar-refractivity contribution in [1.82, 2.24) is 4.90 Å². The molecule has 6 nitrogen and oxygen atoms in total. The van der Waals surface area contributed by atoms with Crippen LogP contribution in [0.4, 0.5) is 4.79 Å². The molecule has 1 unspecified atom stereocenters. The van der Waals surface area contributed by atoms with Crippen molar-refractivity contribution in [2.45, 2.75) is 45.6 Å². The maximum absolute atomic E-state index is 11.9. The van der Waals surface area contributed by atoms with E-state index < -0.39 is 5.60 Å². The minimum absolute atomic E-state index is 0.214. The van der Waals surface area contributed by atoms with Crippen molar-refractivity contribution in [2.24, 2.45) is 16.8 Å². The van der Waals surface area contributed by atoms with E-state index in [-0.39, 0.29) is 17.8 Å². The SMILES string of the molecule is CC(C)(C)OC(=O)N1CCCC(C/C(N)=N/O)C1. The molecule has 1 aliphatic rings. The van der Waals surface area contributed by atoms with Crippen LogP contribution in [0.3, 0.4) is 0 Å². The molecule has 0 aromatic rings. The smallest absolute Gasteiger partial charge is 0.410 e. The lowest BCUT2D eigenvalue weighted by Gasteiger charge is -2.33. The van der Waals surface area contributed by atoms with Crippen LogP contribution in [0.15, 0.2) is 5.16 Å². The third-order valence-electron chi connectivity index (χ3n) is 2.80. The standard InChI is InChI=1S/C12H23N3O3/c1-12(2,3)18-11(16)15-6-4-5-9(8-15)7-10(13)14-17/h9,17H,4-8H2,1-3H3,(H2,13,14). The largest absolute Gasteiger partial charge is 0.444 e. The third kappa shape index (κ3) is 4.81. The van der Waals surface area contributed by atoms with Crippen molar-refractivity contribution < 1.29 is 14.7 Å². The fourth-order valence-electron chi connectivity index (χ4n) is 2.06. The summed E-state index contributed by atoms with van der Waals surface area (Å²) in [4.78, 5) is 13.6. The molecular formula is C12H23N3O3. The molecule has 0 aromatic carbocycles. The first-order valence-electron chi connectivity index (χ1n) is 6.26. The average Bonchev–Trinajstić information content (AvgIpc) is 2.27. The molecule has 3 N–H and O–H groups in total. The van der Waals surface area contributed by atoms with Gasteiger partial charge in [-0.1, -0.05) is 5.16 Å². The second-order valence-corrected chi connectivity index (χ2v) is 5.73. The van der Waals surface area contributed by atoms with Gasteiger partial charge in [0.2, 0.25) is 0 Å². The fourth-order valence-corrected chi connectivity index (χ4v) is 2.06. The highest BCUT2D eigenvalue weighted by atomic mass is 16.6. The van der Waals surface area contributed by atoms with Crippen LogP contribution in [0.1, 0.15) is 40.0 Å². The Morgan fingerprint density at radius 1 is 1.56 bits per heavy atom. The number of likely N-dealkylation sites (tertiary alicyclic amines) is 1. The number of ether oxygens (including phenoxy) is 1. The molecule has 1 aliphatic heterocycles. The molecule has 1 amide bonds. The molecule has 0 aliphatic carbocycles. The number of carbonyl (C=O) groups excluding carboxylic acids is 1. The fraction of sp³-hybridized carbons (Fsp3) is 0.833. The second kappa shape index (κ2) is 5.93. The van der Waals surface area contributed by atoms with Gasteiger partial charge in [-0.3, -0.25) is 0 Å². The molecule has 0 spiro atoms. The zero-order chi connectivity index (χ0) is 13.8. The Labute approximate surface area is 108 Å². The quantitative estimate of drug-likeness (QED) is 0.341. The number of nitrogens with two attached hydrogens (primary N) is 1. The Morgan fingerprint density at radius 3 is 2.78 bits per heavy atom. The summed E-state index contributed by atoms with van der Waals surface area (Å²) >= 11 is 0. The minimum atomic E-state index is -0.477. The second-order valence-electron chi connectivity index (χ2n) is 5.73. The normalized spacial score (nSPS) is 21.8. The van der Waals surface area contributed by atoms with E-state index in [1.54, 1.807) is 4.90 Å². The summed E-state index contributed by atoms with van der Waals surface area (Å²) in [6, 6.07) is 0. The summed E-state index contributed by atoms with van der Waals surface area (Å²) < 4.78 is 5.33. The highest BCUT2D eigenvalue weighted by Crippen LogP contribution is 2.21. The zero-order valence-corrected chi connectivity index (χ0v) is 11.3. The van der Waals surface area contributed by atoms with Crippen LogP contribution < -0.4 is 5.73 Å². The number of piperidine rings is 1. The van der Waals surface area contributed by atoms with E-state index in [2.05, 4.69) is 5.16 Å². The summed E-state index contributed by atoms with van der Waals surface area (Å²) in [6.45, 7) is 6.86. The lowest BCUT2D eigenvalue weighted by Crippen LogP contribution is -2.43. The van der Waals surface area contributed by atoms with Crippen LogP contribution in [0.5, 0.6) is 0 Å². The Kier molecular flexibility index (Phi) is 4.81. The van der Waals surface area contributed by atoms with Crippen LogP contribution in [0.25, 0.3) is 0 Å². The van der Waals surface area contributed by atoms with Crippen LogP contribution in [0.2, 0.25) is 0 Å². The Bertz CT molecular complexity index is 323. The van der Waals surface area contributed by atoms with Gasteiger partial charge >= 0.3 is 6.09 Å². The van der Waals surface area contributed by atoms with E-state index in [0.717, 1.165) is 12.8 Å². The first-order valence-corrected chi connectivity index (χ1v) is 6.26. The van der Waals surface area contributed by atoms with Crippen LogP contribution in [-0.4, -0.2) is 40.7 Å². The average molecular weight is 257 g/mol. The number of amides is 1. The maximum Gasteiger partial charge on any atom is 0.410 e. The van der Waals surface area contributed by atoms with Crippen molar-refractivity contribution in [2.75, 3.05) is 13.1 Å². The van der Waals surface area contributed by atoms with E-state index >= 15 is 0 Å². The van der Waals surface area contributed by atoms with Gasteiger partial charge in [-0.25, -0.2) is 4.79 Å². The molecule has 0 saturated carbocycles. The van der Waals surface area contributed by atoms with Crippen molar-refractivity contribution in [1.29, 1.82) is 0 Å². The van der Waals surface area contributed by atoms with Crippen LogP contribution in [0, 0.1) is 5.92 Å². The number of hydrogen-bond acceptors (Lipinski definition) is 4. The van der Waals surface area contributed by atoms with E-state index in [9.17, 15) is 4.79 Å². The number of rotatable bonds is 2. The van der Waals surface area contributed by atoms with Crippen molar-refractivity contribution >= 4 is 11.9 Å². The van der Waals surface area contributed by atoms with Gasteiger partial charge in [0, 0.05) is 19.5 Å². The summed E-state index contributed by atoms with van der Waals surface area (Å²) in [5, 5.41) is 11.5. The van der Waals surface area contributed by atoms with Crippen LogP contribution >= 0.6 is 0 Å². The molecule has 0 radical (unpaired) electrons. The zero-order valence-electron chi connectivity index (χ0n) is 11.3. The van der Waals surface area contributed by atoms with Gasteiger partial charge in [0.05, 0.1) is 0 Å². The molecule has 104 valence electrons. The van der Waals surface area contributed by atoms with Gasteiger partial charge in [-0.05, 0) is 39.5 Å². The molecule has 1 fully saturated rings. The molecular weight excluding hydrogens is 234 g/mol. The highest BCUT2D eigenvalue weighted by Gasteiger charge is 2.27. The summed E-state index contributed by atoms with van der Waals surface area (Å²) in [7, 11) is 0. The number of oxime groups is 1. The van der Waals surface area contributed by atoms with E-state index in [4.69, 9.17) is 15.7 Å². The predicted octanol–water partition coefficient (Wildman–Crippen LogP) is 1.77. The molecule has 0 aromatic heterocycles. The molecule has 0 bridgehead atoms. The van der Waals surface area contributed by atoms with Gasteiger partial charge < -0.3 is 20.6 Å². The number of hydrogen-bond donors (Lipinski definition) is 2. The highest BCUT2D eigenvalue weighted by molar-refractivity contribution is 5.80. The maximum atomic E-state index is 11.9. The monoisotopic (exact) mass is 257 g/mol. The van der Waals surface area contributed by atoms with Crippen molar-refractivity contribution in [3.8, 4) is 0 Å². The third-order valence-corrected chi connectivity index (χ3v) is 2.80. The summed E-state index contributed by atoms with van der Waals surface area (Å²) in [5.74, 6) is 0.452. The van der Waals surface area contributed by atoms with Gasteiger partial charge in [0.1, 0.15) is 11.4 Å². The molecule has 1 heterocycles. The van der Waals surface area contributed by atoms with E-state index in [1.807, 2.05) is 20.8 Å². The Hall–Kier alpha value is -1.46.